The number of benzene rings is 2. The fourth-order valence-corrected chi connectivity index (χ4v) is 2.96. The second-order valence-corrected chi connectivity index (χ2v) is 7.10. The van der Waals surface area contributed by atoms with E-state index in [0.29, 0.717) is 6.54 Å². The Morgan fingerprint density at radius 3 is 2.50 bits per heavy atom. The molecule has 0 saturated heterocycles. The zero-order chi connectivity index (χ0) is 18.7. The molecular formula is C21H19BrN2O2. The molecule has 0 aliphatic rings. The smallest absolute Gasteiger partial charge is 0.263 e. The van der Waals surface area contributed by atoms with Crippen molar-refractivity contribution in [1.29, 1.82) is 0 Å². The van der Waals surface area contributed by atoms with Crippen molar-refractivity contribution in [3.63, 3.8) is 0 Å². The van der Waals surface area contributed by atoms with Crippen molar-refractivity contribution in [3.8, 4) is 0 Å². The summed E-state index contributed by atoms with van der Waals surface area (Å²) in [5.74, 6) is -0.395. The molecule has 0 aliphatic heterocycles. The van der Waals surface area contributed by atoms with Crippen molar-refractivity contribution < 1.29 is 4.79 Å². The van der Waals surface area contributed by atoms with E-state index in [9.17, 15) is 9.59 Å². The summed E-state index contributed by atoms with van der Waals surface area (Å²) in [5, 5.41) is 2.85. The fourth-order valence-electron chi connectivity index (χ4n) is 2.70. The van der Waals surface area contributed by atoms with Gasteiger partial charge < -0.3 is 9.88 Å². The molecule has 2 aromatic carbocycles. The molecule has 5 heteroatoms. The van der Waals surface area contributed by atoms with Gasteiger partial charge in [-0.3, -0.25) is 9.59 Å². The van der Waals surface area contributed by atoms with E-state index in [4.69, 9.17) is 0 Å². The molecule has 1 N–H and O–H groups in total. The minimum atomic E-state index is -0.395. The van der Waals surface area contributed by atoms with E-state index >= 15 is 0 Å². The molecule has 0 saturated carbocycles. The van der Waals surface area contributed by atoms with Crippen molar-refractivity contribution in [3.05, 3.63) is 97.9 Å². The van der Waals surface area contributed by atoms with Crippen molar-refractivity contribution in [2.24, 2.45) is 0 Å². The number of aryl methyl sites for hydroxylation is 1. The Morgan fingerprint density at radius 2 is 1.77 bits per heavy atom. The van der Waals surface area contributed by atoms with Gasteiger partial charge in [0, 0.05) is 16.4 Å². The maximum Gasteiger partial charge on any atom is 0.263 e. The van der Waals surface area contributed by atoms with Crippen LogP contribution in [0.4, 0.5) is 5.69 Å². The number of anilines is 1. The van der Waals surface area contributed by atoms with E-state index in [-0.39, 0.29) is 11.1 Å². The molecule has 3 aromatic rings. The Morgan fingerprint density at radius 1 is 1.04 bits per heavy atom. The number of hydrogen-bond donors (Lipinski definition) is 1. The molecular weight excluding hydrogens is 392 g/mol. The SMILES string of the molecule is Cc1cccc(NC(=O)c2cccn(Cc3ccc(Br)cc3)c2=O)c1C. The predicted octanol–water partition coefficient (Wildman–Crippen LogP) is 4.53. The second kappa shape index (κ2) is 7.70. The summed E-state index contributed by atoms with van der Waals surface area (Å²) in [6.45, 7) is 4.34. The molecule has 1 amide bonds. The number of nitrogens with one attached hydrogen (secondary N) is 1. The number of nitrogens with zero attached hydrogens (tertiary/aromatic N) is 1. The van der Waals surface area contributed by atoms with E-state index in [1.807, 2.05) is 56.3 Å². The van der Waals surface area contributed by atoms with Crippen LogP contribution in [0.3, 0.4) is 0 Å². The zero-order valence-electron chi connectivity index (χ0n) is 14.6. The average molecular weight is 411 g/mol. The van der Waals surface area contributed by atoms with Gasteiger partial charge in [-0.25, -0.2) is 0 Å². The number of aromatic nitrogens is 1. The van der Waals surface area contributed by atoms with E-state index in [1.54, 1.807) is 22.9 Å². The van der Waals surface area contributed by atoms with Gasteiger partial charge in [0.1, 0.15) is 5.56 Å². The summed E-state index contributed by atoms with van der Waals surface area (Å²) in [4.78, 5) is 25.3. The second-order valence-electron chi connectivity index (χ2n) is 6.18. The molecule has 0 aliphatic carbocycles. The Hall–Kier alpha value is -2.66. The van der Waals surface area contributed by atoms with Gasteiger partial charge in [-0.2, -0.15) is 0 Å². The van der Waals surface area contributed by atoms with Crippen LogP contribution in [0.2, 0.25) is 0 Å². The van der Waals surface area contributed by atoms with Crippen LogP contribution in [-0.4, -0.2) is 10.5 Å². The molecule has 0 atom stereocenters. The third-order valence-electron chi connectivity index (χ3n) is 4.38. The maximum absolute atomic E-state index is 12.7. The van der Waals surface area contributed by atoms with Crippen LogP contribution in [0.25, 0.3) is 0 Å². The first-order valence-electron chi connectivity index (χ1n) is 8.27. The Labute approximate surface area is 160 Å². The Kier molecular flexibility index (Phi) is 5.38. The molecule has 26 heavy (non-hydrogen) atoms. The first-order valence-corrected chi connectivity index (χ1v) is 9.06. The highest BCUT2D eigenvalue weighted by Crippen LogP contribution is 2.18. The average Bonchev–Trinajstić information content (AvgIpc) is 2.62. The predicted molar refractivity (Wildman–Crippen MR) is 108 cm³/mol. The number of amides is 1. The topological polar surface area (TPSA) is 51.1 Å². The van der Waals surface area contributed by atoms with Gasteiger partial charge in [0.05, 0.1) is 6.54 Å². The van der Waals surface area contributed by atoms with E-state index in [0.717, 1.165) is 26.9 Å². The summed E-state index contributed by atoms with van der Waals surface area (Å²) in [5.41, 5.74) is 3.61. The van der Waals surface area contributed by atoms with Gasteiger partial charge in [-0.15, -0.1) is 0 Å². The number of hydrogen-bond acceptors (Lipinski definition) is 2. The molecule has 0 bridgehead atoms. The number of pyridine rings is 1. The van der Waals surface area contributed by atoms with Crippen LogP contribution in [0, 0.1) is 13.8 Å². The molecule has 0 fully saturated rings. The van der Waals surface area contributed by atoms with Crippen molar-refractivity contribution in [1.82, 2.24) is 4.57 Å². The number of carbonyl (C=O) groups is 1. The van der Waals surface area contributed by atoms with Crippen LogP contribution in [0.5, 0.6) is 0 Å². The van der Waals surface area contributed by atoms with E-state index < -0.39 is 5.91 Å². The van der Waals surface area contributed by atoms with Gasteiger partial charge in [0.15, 0.2) is 0 Å². The first-order chi connectivity index (χ1) is 12.5. The summed E-state index contributed by atoms with van der Waals surface area (Å²) in [6, 6.07) is 16.7. The summed E-state index contributed by atoms with van der Waals surface area (Å²) in [6.07, 6.45) is 1.69. The Bertz CT molecular complexity index is 1010. The largest absolute Gasteiger partial charge is 0.322 e. The molecule has 1 heterocycles. The van der Waals surface area contributed by atoms with Crippen LogP contribution in [-0.2, 0) is 6.54 Å². The van der Waals surface area contributed by atoms with Crippen molar-refractivity contribution in [2.75, 3.05) is 5.32 Å². The summed E-state index contributed by atoms with van der Waals surface area (Å²) < 4.78 is 2.52. The highest BCUT2D eigenvalue weighted by atomic mass is 79.9. The lowest BCUT2D eigenvalue weighted by Gasteiger charge is -2.11. The van der Waals surface area contributed by atoms with E-state index in [2.05, 4.69) is 21.2 Å². The highest BCUT2D eigenvalue weighted by Gasteiger charge is 2.14. The minimum Gasteiger partial charge on any atom is -0.322 e. The molecule has 4 nitrogen and oxygen atoms in total. The molecule has 1 aromatic heterocycles. The monoisotopic (exact) mass is 410 g/mol. The van der Waals surface area contributed by atoms with Gasteiger partial charge >= 0.3 is 0 Å². The minimum absolute atomic E-state index is 0.130. The summed E-state index contributed by atoms with van der Waals surface area (Å²) >= 11 is 3.40. The number of rotatable bonds is 4. The third kappa shape index (κ3) is 3.94. The van der Waals surface area contributed by atoms with Crippen molar-refractivity contribution in [2.45, 2.75) is 20.4 Å². The van der Waals surface area contributed by atoms with E-state index in [1.165, 1.54) is 0 Å². The Balaban J connectivity index is 1.86. The molecule has 0 radical (unpaired) electrons. The van der Waals surface area contributed by atoms with Crippen LogP contribution >= 0.6 is 15.9 Å². The van der Waals surface area contributed by atoms with Gasteiger partial charge in [-0.05, 0) is 60.9 Å². The van der Waals surface area contributed by atoms with Gasteiger partial charge in [-0.1, -0.05) is 40.2 Å². The van der Waals surface area contributed by atoms with Gasteiger partial charge in [0.25, 0.3) is 11.5 Å². The normalized spacial score (nSPS) is 10.6. The lowest BCUT2D eigenvalue weighted by atomic mass is 10.1. The van der Waals surface area contributed by atoms with Crippen LogP contribution in [0.15, 0.2) is 70.1 Å². The third-order valence-corrected chi connectivity index (χ3v) is 4.91. The molecule has 3 rings (SSSR count). The van der Waals surface area contributed by atoms with Gasteiger partial charge in [0.2, 0.25) is 0 Å². The fraction of sp³-hybridized carbons (Fsp3) is 0.143. The number of carbonyl (C=O) groups excluding carboxylic acids is 1. The summed E-state index contributed by atoms with van der Waals surface area (Å²) in [7, 11) is 0. The quantitative estimate of drug-likeness (QED) is 0.686. The lowest BCUT2D eigenvalue weighted by molar-refractivity contribution is 0.102. The van der Waals surface area contributed by atoms with Crippen molar-refractivity contribution >= 4 is 27.5 Å². The maximum atomic E-state index is 12.7. The molecule has 0 unspecified atom stereocenters. The van der Waals surface area contributed by atoms with Crippen LogP contribution < -0.4 is 10.9 Å². The number of halogens is 1. The molecule has 0 spiro atoms. The zero-order valence-corrected chi connectivity index (χ0v) is 16.2. The standard InChI is InChI=1S/C21H19BrN2O2/c1-14-5-3-7-19(15(14)2)23-20(25)18-6-4-12-24(21(18)26)13-16-8-10-17(22)11-9-16/h3-12H,13H2,1-2H3,(H,23,25). The highest BCUT2D eigenvalue weighted by molar-refractivity contribution is 9.10. The molecule has 132 valence electrons. The lowest BCUT2D eigenvalue weighted by Crippen LogP contribution is -2.29. The first kappa shape index (κ1) is 18.1. The van der Waals surface area contributed by atoms with Crippen LogP contribution in [0.1, 0.15) is 27.0 Å².